The highest BCUT2D eigenvalue weighted by atomic mass is 16.6. The Morgan fingerprint density at radius 3 is 3.00 bits per heavy atom. The van der Waals surface area contributed by atoms with Crippen molar-refractivity contribution in [1.29, 1.82) is 5.26 Å². The Morgan fingerprint density at radius 2 is 2.35 bits per heavy atom. The van der Waals surface area contributed by atoms with Crippen LogP contribution in [0.25, 0.3) is 0 Å². The number of nitriles is 1. The normalized spacial score (nSPS) is 19.3. The maximum Gasteiger partial charge on any atom is 0.309 e. The number of likely N-dealkylation sites (tertiary alicyclic amines) is 1. The predicted octanol–water partition coefficient (Wildman–Crippen LogP) is 2.36. The number of hydrogen-bond acceptors (Lipinski definition) is 5. The summed E-state index contributed by atoms with van der Waals surface area (Å²) in [6.07, 6.45) is 3.49. The van der Waals surface area contributed by atoms with Gasteiger partial charge in [-0.1, -0.05) is 12.5 Å². The maximum absolute atomic E-state index is 11.1. The monoisotopic (exact) mass is 274 g/mol. The molecule has 0 saturated carbocycles. The molecule has 1 aromatic carbocycles. The van der Waals surface area contributed by atoms with Crippen molar-refractivity contribution in [2.45, 2.75) is 25.3 Å². The van der Waals surface area contributed by atoms with Crippen molar-refractivity contribution in [3.05, 3.63) is 33.9 Å². The van der Waals surface area contributed by atoms with Crippen molar-refractivity contribution in [3.8, 4) is 6.07 Å². The number of nitrogens with one attached hydrogen (secondary N) is 1. The van der Waals surface area contributed by atoms with E-state index >= 15 is 0 Å². The van der Waals surface area contributed by atoms with Gasteiger partial charge in [-0.3, -0.25) is 10.1 Å². The summed E-state index contributed by atoms with van der Waals surface area (Å²) in [6.45, 7) is 1.72. The Labute approximate surface area is 118 Å². The summed E-state index contributed by atoms with van der Waals surface area (Å²) in [5, 5.41) is 23.2. The largest absolute Gasteiger partial charge is 0.378 e. The van der Waals surface area contributed by atoms with Crippen LogP contribution in [0.15, 0.2) is 18.2 Å². The first-order chi connectivity index (χ1) is 9.63. The molecular formula is C14H18N4O2. The van der Waals surface area contributed by atoms with E-state index in [1.807, 2.05) is 6.07 Å². The Balaban J connectivity index is 2.13. The van der Waals surface area contributed by atoms with Crippen LogP contribution >= 0.6 is 0 Å². The summed E-state index contributed by atoms with van der Waals surface area (Å²) in [4.78, 5) is 12.9. The number of piperidine rings is 1. The van der Waals surface area contributed by atoms with Crippen molar-refractivity contribution in [1.82, 2.24) is 4.90 Å². The van der Waals surface area contributed by atoms with Crippen LogP contribution in [0.2, 0.25) is 0 Å². The zero-order chi connectivity index (χ0) is 14.5. The number of likely N-dealkylation sites (N-methyl/N-ethyl adjacent to an activating group) is 1. The molecule has 1 saturated heterocycles. The second-order valence-electron chi connectivity index (χ2n) is 5.08. The first-order valence-corrected chi connectivity index (χ1v) is 6.75. The Kier molecular flexibility index (Phi) is 4.53. The van der Waals surface area contributed by atoms with Crippen LogP contribution in [0.4, 0.5) is 11.4 Å². The molecule has 1 aliphatic rings. The van der Waals surface area contributed by atoms with Crippen LogP contribution in [0.5, 0.6) is 0 Å². The van der Waals surface area contributed by atoms with Gasteiger partial charge in [0.15, 0.2) is 0 Å². The molecular weight excluding hydrogens is 256 g/mol. The van der Waals surface area contributed by atoms with Gasteiger partial charge in [-0.2, -0.15) is 5.26 Å². The molecule has 6 nitrogen and oxygen atoms in total. The fourth-order valence-electron chi connectivity index (χ4n) is 2.60. The summed E-state index contributed by atoms with van der Waals surface area (Å²) < 4.78 is 0. The van der Waals surface area contributed by atoms with Crippen molar-refractivity contribution < 1.29 is 4.92 Å². The molecule has 0 radical (unpaired) electrons. The molecule has 20 heavy (non-hydrogen) atoms. The van der Waals surface area contributed by atoms with Gasteiger partial charge in [-0.15, -0.1) is 0 Å². The number of hydrogen-bond donors (Lipinski definition) is 1. The van der Waals surface area contributed by atoms with Gasteiger partial charge in [-0.25, -0.2) is 0 Å². The van der Waals surface area contributed by atoms with E-state index in [0.717, 1.165) is 13.0 Å². The van der Waals surface area contributed by atoms with Gasteiger partial charge >= 0.3 is 5.69 Å². The molecule has 0 amide bonds. The van der Waals surface area contributed by atoms with Gasteiger partial charge < -0.3 is 10.2 Å². The molecule has 2 rings (SSSR count). The molecule has 1 unspecified atom stereocenters. The third kappa shape index (κ3) is 3.06. The van der Waals surface area contributed by atoms with E-state index in [9.17, 15) is 10.1 Å². The minimum atomic E-state index is -0.495. The molecule has 0 aliphatic carbocycles. The van der Waals surface area contributed by atoms with Gasteiger partial charge in [0, 0.05) is 12.6 Å². The van der Waals surface area contributed by atoms with Crippen LogP contribution in [0.1, 0.15) is 24.8 Å². The van der Waals surface area contributed by atoms with Crippen molar-refractivity contribution in [2.75, 3.05) is 25.5 Å². The smallest absolute Gasteiger partial charge is 0.309 e. The molecule has 1 aliphatic heterocycles. The summed E-state index contributed by atoms with van der Waals surface area (Å²) in [5.41, 5.74) is 0.387. The van der Waals surface area contributed by atoms with Crippen LogP contribution in [-0.4, -0.2) is 36.0 Å². The van der Waals surface area contributed by atoms with Gasteiger partial charge in [-0.05, 0) is 38.6 Å². The standard InChI is InChI=1S/C14H18N4O2/c1-17-8-3-2-6-12(17)10-16-13-7-4-5-11(9-15)14(13)18(19)20/h4-5,7,12,16H,2-3,6,8,10H2,1H3. The minimum absolute atomic E-state index is 0.0944. The SMILES string of the molecule is CN1CCCCC1CNc1cccc(C#N)c1[N+](=O)[O-]. The van der Waals surface area contributed by atoms with E-state index in [1.54, 1.807) is 12.1 Å². The summed E-state index contributed by atoms with van der Waals surface area (Å²) in [6, 6.07) is 7.04. The molecule has 1 N–H and O–H groups in total. The molecule has 6 heteroatoms. The Hall–Kier alpha value is -2.13. The number of benzene rings is 1. The van der Waals surface area contributed by atoms with E-state index in [0.29, 0.717) is 18.3 Å². The topological polar surface area (TPSA) is 82.2 Å². The van der Waals surface area contributed by atoms with Gasteiger partial charge in [0.05, 0.1) is 4.92 Å². The quantitative estimate of drug-likeness (QED) is 0.673. The van der Waals surface area contributed by atoms with Crippen LogP contribution in [0, 0.1) is 21.4 Å². The van der Waals surface area contributed by atoms with E-state index in [1.165, 1.54) is 18.9 Å². The highest BCUT2D eigenvalue weighted by Crippen LogP contribution is 2.28. The predicted molar refractivity (Wildman–Crippen MR) is 76.6 cm³/mol. The van der Waals surface area contributed by atoms with Crippen LogP contribution in [0.3, 0.4) is 0 Å². The lowest BCUT2D eigenvalue weighted by Crippen LogP contribution is -2.40. The second-order valence-corrected chi connectivity index (χ2v) is 5.08. The van der Waals surface area contributed by atoms with Gasteiger partial charge in [0.25, 0.3) is 0 Å². The van der Waals surface area contributed by atoms with E-state index in [-0.39, 0.29) is 11.3 Å². The lowest BCUT2D eigenvalue weighted by Gasteiger charge is -2.32. The summed E-state index contributed by atoms with van der Waals surface area (Å²) in [5.74, 6) is 0. The molecule has 1 atom stereocenters. The van der Waals surface area contributed by atoms with Gasteiger partial charge in [0.2, 0.25) is 0 Å². The van der Waals surface area contributed by atoms with Crippen LogP contribution in [-0.2, 0) is 0 Å². The number of nitro benzene ring substituents is 1. The minimum Gasteiger partial charge on any atom is -0.378 e. The van der Waals surface area contributed by atoms with Gasteiger partial charge in [0.1, 0.15) is 17.3 Å². The molecule has 0 spiro atoms. The van der Waals surface area contributed by atoms with Crippen molar-refractivity contribution in [3.63, 3.8) is 0 Å². The molecule has 1 heterocycles. The highest BCUT2D eigenvalue weighted by molar-refractivity contribution is 5.68. The third-order valence-corrected chi connectivity index (χ3v) is 3.79. The first-order valence-electron chi connectivity index (χ1n) is 6.75. The molecule has 0 aromatic heterocycles. The number of anilines is 1. The number of para-hydroxylation sites is 1. The van der Waals surface area contributed by atoms with E-state index in [4.69, 9.17) is 5.26 Å². The molecule has 1 aromatic rings. The summed E-state index contributed by atoms with van der Waals surface area (Å²) in [7, 11) is 2.08. The number of nitrogens with zero attached hydrogens (tertiary/aromatic N) is 3. The number of rotatable bonds is 4. The fraction of sp³-hybridized carbons (Fsp3) is 0.500. The zero-order valence-electron chi connectivity index (χ0n) is 11.5. The Bertz CT molecular complexity index is 538. The fourth-order valence-corrected chi connectivity index (χ4v) is 2.60. The highest BCUT2D eigenvalue weighted by Gasteiger charge is 2.22. The summed E-state index contributed by atoms with van der Waals surface area (Å²) >= 11 is 0. The lowest BCUT2D eigenvalue weighted by molar-refractivity contribution is -0.384. The van der Waals surface area contributed by atoms with Crippen LogP contribution < -0.4 is 5.32 Å². The van der Waals surface area contributed by atoms with Crippen molar-refractivity contribution in [2.24, 2.45) is 0 Å². The van der Waals surface area contributed by atoms with E-state index < -0.39 is 4.92 Å². The maximum atomic E-state index is 11.1. The molecule has 1 fully saturated rings. The Morgan fingerprint density at radius 1 is 1.55 bits per heavy atom. The average molecular weight is 274 g/mol. The number of nitro groups is 1. The second kappa shape index (κ2) is 6.35. The molecule has 106 valence electrons. The lowest BCUT2D eigenvalue weighted by atomic mass is 10.0. The average Bonchev–Trinajstić information content (AvgIpc) is 2.45. The zero-order valence-corrected chi connectivity index (χ0v) is 11.5. The van der Waals surface area contributed by atoms with Crippen molar-refractivity contribution >= 4 is 11.4 Å². The first kappa shape index (κ1) is 14.3. The van der Waals surface area contributed by atoms with E-state index in [2.05, 4.69) is 17.3 Å². The molecule has 0 bridgehead atoms. The third-order valence-electron chi connectivity index (χ3n) is 3.79.